The maximum atomic E-state index is 13.5. The van der Waals surface area contributed by atoms with Crippen molar-refractivity contribution in [3.05, 3.63) is 34.4 Å². The number of ether oxygens (including phenoxy) is 1. The van der Waals surface area contributed by atoms with E-state index in [0.29, 0.717) is 25.7 Å². The lowest BCUT2D eigenvalue weighted by Crippen LogP contribution is -2.62. The number of fused-ring (bicyclic) bond motifs is 5. The van der Waals surface area contributed by atoms with Gasteiger partial charge in [0.15, 0.2) is 17.8 Å². The van der Waals surface area contributed by atoms with Gasteiger partial charge >= 0.3 is 13.5 Å². The molecule has 0 amide bonds. The van der Waals surface area contributed by atoms with E-state index in [9.17, 15) is 44.3 Å². The van der Waals surface area contributed by atoms with Crippen LogP contribution in [-0.2, 0) is 27.9 Å². The average Bonchev–Trinajstić information content (AvgIpc) is 3.42. The van der Waals surface area contributed by atoms with Crippen LogP contribution in [0.5, 0.6) is 0 Å². The zero-order valence-electron chi connectivity index (χ0n) is 25.7. The molecule has 7 N–H and O–H groups in total. The number of aliphatic hydroxyl groups excluding tert-OH is 3. The number of hydrogen-bond acceptors (Lipinski definition) is 13. The summed E-state index contributed by atoms with van der Waals surface area (Å²) in [4.78, 5) is 51.7. The molecule has 0 bridgehead atoms. The number of aliphatic hydroxyl groups is 4. The second kappa shape index (κ2) is 11.7. The van der Waals surface area contributed by atoms with Crippen LogP contribution in [-0.4, -0.2) is 89.7 Å². The second-order valence-corrected chi connectivity index (χ2v) is 15.5. The lowest BCUT2D eigenvalue weighted by Gasteiger charge is -2.60. The molecule has 1 aromatic rings. The minimum Gasteiger partial charge on any atom is -0.393 e. The summed E-state index contributed by atoms with van der Waals surface area (Å²) in [5.74, 6) is -0.943. The Morgan fingerprint density at radius 3 is 2.61 bits per heavy atom. The summed E-state index contributed by atoms with van der Waals surface area (Å²) >= 11 is 0. The Labute approximate surface area is 265 Å². The summed E-state index contributed by atoms with van der Waals surface area (Å²) in [6.45, 7) is 2.21. The number of nitrogen functional groups attached to an aromatic ring is 1. The van der Waals surface area contributed by atoms with Crippen molar-refractivity contribution in [1.82, 2.24) is 9.55 Å². The van der Waals surface area contributed by atoms with E-state index < -0.39 is 74.2 Å². The molecular formula is C30H42N3O12P. The quantitative estimate of drug-likeness (QED) is 0.206. The van der Waals surface area contributed by atoms with Crippen molar-refractivity contribution < 1.29 is 53.3 Å². The number of nitrogens with two attached hydrogens (primary N) is 1. The molecule has 3 saturated carbocycles. The number of carbonyl (C=O) groups is 2. The van der Waals surface area contributed by atoms with Crippen molar-refractivity contribution in [2.24, 2.45) is 28.6 Å². The van der Waals surface area contributed by atoms with Crippen LogP contribution in [0, 0.1) is 28.6 Å². The maximum Gasteiger partial charge on any atom is 0.472 e. The monoisotopic (exact) mass is 667 g/mol. The number of phosphoric ester groups is 1. The van der Waals surface area contributed by atoms with Crippen LogP contribution in [0.25, 0.3) is 0 Å². The predicted octanol–water partition coefficient (Wildman–Crippen LogP) is 0.381. The SMILES string of the molecule is C[C@]12CCC(=O)C=C1CC[C@@H]1[C@@H]2[C@@H](O)C[C@@]2(C)[C@H]1CC[C@]2(O)C(=O)COP(=O)(O)OCC1OC(n2ccc(N)nc2=O)C(O)C1O. The Bertz CT molecular complexity index is 1550. The van der Waals surface area contributed by atoms with Crippen LogP contribution in [0.3, 0.4) is 0 Å². The topological polar surface area (TPSA) is 241 Å². The first-order chi connectivity index (χ1) is 21.5. The molecule has 4 fully saturated rings. The molecular weight excluding hydrogens is 625 g/mol. The fourth-order valence-corrected chi connectivity index (χ4v) is 10.0. The Morgan fingerprint density at radius 2 is 1.89 bits per heavy atom. The van der Waals surface area contributed by atoms with Gasteiger partial charge in [-0.15, -0.1) is 0 Å². The first kappa shape index (κ1) is 33.6. The Balaban J connectivity index is 1.09. The number of aromatic nitrogens is 2. The first-order valence-corrected chi connectivity index (χ1v) is 17.2. The Hall–Kier alpha value is -2.33. The van der Waals surface area contributed by atoms with Gasteiger partial charge in [0.1, 0.15) is 36.3 Å². The summed E-state index contributed by atoms with van der Waals surface area (Å²) in [6, 6.07) is 1.29. The minimum absolute atomic E-state index is 0.0241. The molecule has 12 atom stereocenters. The number of allylic oxidation sites excluding steroid dienone is 1. The third-order valence-corrected chi connectivity index (χ3v) is 12.7. The van der Waals surface area contributed by atoms with Crippen LogP contribution < -0.4 is 11.4 Å². The summed E-state index contributed by atoms with van der Waals surface area (Å²) in [5.41, 5.74) is 2.43. The lowest BCUT2D eigenvalue weighted by molar-refractivity contribution is -0.182. The average molecular weight is 668 g/mol. The molecule has 2 heterocycles. The number of rotatable bonds is 8. The molecule has 5 aliphatic rings. The van der Waals surface area contributed by atoms with Crippen LogP contribution in [0.4, 0.5) is 5.82 Å². The van der Waals surface area contributed by atoms with Gasteiger partial charge in [-0.05, 0) is 73.8 Å². The van der Waals surface area contributed by atoms with E-state index in [1.54, 1.807) is 13.0 Å². The summed E-state index contributed by atoms with van der Waals surface area (Å²) < 4.78 is 29.1. The second-order valence-electron chi connectivity index (χ2n) is 14.0. The molecule has 6 rings (SSSR count). The summed E-state index contributed by atoms with van der Waals surface area (Å²) in [7, 11) is -4.93. The standard InChI is InChI=1S/C30H42N3O12P/c1-28-8-5-16(34)11-15(28)3-4-17-18-6-9-30(40,29(18,2)12-19(35)23(17)28)21(36)14-44-46(41,42)43-13-20-24(37)25(38)26(45-20)33-10-7-22(31)32-27(33)39/h7,10-11,17-20,23-26,35,37-38,40H,3-6,8-9,12-14H2,1-2H3,(H,41,42)(H2,31,32,39)/t17-,18-,19-,20?,23+,24?,25?,26?,28-,29-,30-/m0/s1. The fourth-order valence-electron chi connectivity index (χ4n) is 9.33. The number of Topliss-reactive ketones (excluding diaryl/α,β-unsaturated/α-hetero) is 1. The number of phosphoric acid groups is 1. The van der Waals surface area contributed by atoms with Gasteiger partial charge < -0.3 is 35.8 Å². The first-order valence-electron chi connectivity index (χ1n) is 15.7. The molecule has 0 spiro atoms. The molecule has 1 aromatic heterocycles. The smallest absolute Gasteiger partial charge is 0.393 e. The Morgan fingerprint density at radius 1 is 1.15 bits per heavy atom. The molecule has 1 saturated heterocycles. The normalized spacial score (nSPS) is 43.3. The molecule has 46 heavy (non-hydrogen) atoms. The molecule has 15 nitrogen and oxygen atoms in total. The number of anilines is 1. The van der Waals surface area contributed by atoms with E-state index in [4.69, 9.17) is 19.5 Å². The van der Waals surface area contributed by atoms with Gasteiger partial charge in [0.25, 0.3) is 0 Å². The van der Waals surface area contributed by atoms with Gasteiger partial charge in [-0.3, -0.25) is 23.2 Å². The molecule has 16 heteroatoms. The van der Waals surface area contributed by atoms with Crippen molar-refractivity contribution in [2.75, 3.05) is 18.9 Å². The molecule has 0 radical (unpaired) electrons. The van der Waals surface area contributed by atoms with Crippen molar-refractivity contribution >= 4 is 25.2 Å². The number of ketones is 2. The third-order valence-electron chi connectivity index (χ3n) is 11.7. The highest BCUT2D eigenvalue weighted by atomic mass is 31.2. The highest BCUT2D eigenvalue weighted by molar-refractivity contribution is 7.47. The fraction of sp³-hybridized carbons (Fsp3) is 0.733. The molecule has 254 valence electrons. The minimum atomic E-state index is -4.93. The van der Waals surface area contributed by atoms with Gasteiger partial charge in [0.05, 0.1) is 12.7 Å². The third kappa shape index (κ3) is 5.33. The van der Waals surface area contributed by atoms with Crippen LogP contribution >= 0.6 is 7.82 Å². The van der Waals surface area contributed by atoms with E-state index in [-0.39, 0.29) is 47.6 Å². The maximum absolute atomic E-state index is 13.5. The van der Waals surface area contributed by atoms with Crippen LogP contribution in [0.15, 0.2) is 28.7 Å². The van der Waals surface area contributed by atoms with Gasteiger partial charge in [-0.2, -0.15) is 4.98 Å². The van der Waals surface area contributed by atoms with E-state index in [2.05, 4.69) is 11.9 Å². The van der Waals surface area contributed by atoms with E-state index in [0.717, 1.165) is 16.6 Å². The summed E-state index contributed by atoms with van der Waals surface area (Å²) in [6.07, 6.45) is -0.526. The van der Waals surface area contributed by atoms with Gasteiger partial charge in [-0.25, -0.2) is 9.36 Å². The molecule has 5 unspecified atom stereocenters. The number of carbonyl (C=O) groups excluding carboxylic acids is 2. The lowest BCUT2D eigenvalue weighted by atomic mass is 9.45. The largest absolute Gasteiger partial charge is 0.472 e. The molecule has 1 aliphatic heterocycles. The predicted molar refractivity (Wildman–Crippen MR) is 159 cm³/mol. The van der Waals surface area contributed by atoms with E-state index >= 15 is 0 Å². The van der Waals surface area contributed by atoms with E-state index in [1.165, 1.54) is 12.3 Å². The van der Waals surface area contributed by atoms with Crippen molar-refractivity contribution in [1.29, 1.82) is 0 Å². The van der Waals surface area contributed by atoms with Gasteiger partial charge in [0.2, 0.25) is 0 Å². The highest BCUT2D eigenvalue weighted by Crippen LogP contribution is 2.67. The van der Waals surface area contributed by atoms with Crippen LogP contribution in [0.2, 0.25) is 0 Å². The zero-order valence-corrected chi connectivity index (χ0v) is 26.6. The summed E-state index contributed by atoms with van der Waals surface area (Å²) in [5, 5.41) is 44.2. The van der Waals surface area contributed by atoms with Crippen molar-refractivity contribution in [2.45, 2.75) is 95.0 Å². The number of nitrogens with zero attached hydrogens (tertiary/aromatic N) is 2. The van der Waals surface area contributed by atoms with Gasteiger partial charge in [-0.1, -0.05) is 19.4 Å². The highest BCUT2D eigenvalue weighted by Gasteiger charge is 2.68. The zero-order chi connectivity index (χ0) is 33.4. The van der Waals surface area contributed by atoms with Gasteiger partial charge in [0, 0.05) is 18.0 Å². The van der Waals surface area contributed by atoms with Crippen LogP contribution in [0.1, 0.15) is 65.0 Å². The molecule has 0 aromatic carbocycles. The number of hydrogen-bond donors (Lipinski definition) is 6. The van der Waals surface area contributed by atoms with Crippen molar-refractivity contribution in [3.63, 3.8) is 0 Å². The molecule has 4 aliphatic carbocycles. The Kier molecular flexibility index (Phi) is 8.52. The van der Waals surface area contributed by atoms with E-state index in [1.807, 2.05) is 0 Å². The van der Waals surface area contributed by atoms with Crippen molar-refractivity contribution in [3.8, 4) is 0 Å².